The summed E-state index contributed by atoms with van der Waals surface area (Å²) in [6.07, 6.45) is 4.90. The Hall–Kier alpha value is -1.00. The first-order valence-electron chi connectivity index (χ1n) is 8.09. The van der Waals surface area contributed by atoms with Crippen molar-refractivity contribution in [2.45, 2.75) is 59.7 Å². The SMILES string of the molecule is CC(C)CC1CN(Cc2ncccn2)C(C(C)(C)C)CN1. The summed E-state index contributed by atoms with van der Waals surface area (Å²) in [7, 11) is 0. The summed E-state index contributed by atoms with van der Waals surface area (Å²) >= 11 is 0. The molecule has 4 nitrogen and oxygen atoms in total. The lowest BCUT2D eigenvalue weighted by Gasteiger charge is -2.46. The highest BCUT2D eigenvalue weighted by atomic mass is 15.3. The van der Waals surface area contributed by atoms with E-state index in [1.165, 1.54) is 6.42 Å². The highest BCUT2D eigenvalue weighted by Crippen LogP contribution is 2.28. The van der Waals surface area contributed by atoms with E-state index in [1.54, 1.807) is 0 Å². The highest BCUT2D eigenvalue weighted by Gasteiger charge is 2.35. The van der Waals surface area contributed by atoms with Crippen LogP contribution in [0, 0.1) is 11.3 Å². The summed E-state index contributed by atoms with van der Waals surface area (Å²) in [5, 5.41) is 3.74. The van der Waals surface area contributed by atoms with Gasteiger partial charge in [0.25, 0.3) is 0 Å². The third-order valence-electron chi connectivity index (χ3n) is 4.21. The number of piperazine rings is 1. The molecule has 4 heteroatoms. The lowest BCUT2D eigenvalue weighted by molar-refractivity contribution is 0.0432. The number of nitrogens with zero attached hydrogens (tertiary/aromatic N) is 3. The van der Waals surface area contributed by atoms with Gasteiger partial charge in [0, 0.05) is 37.6 Å². The fourth-order valence-electron chi connectivity index (χ4n) is 3.23. The van der Waals surface area contributed by atoms with Gasteiger partial charge in [-0.15, -0.1) is 0 Å². The summed E-state index contributed by atoms with van der Waals surface area (Å²) in [5.74, 6) is 1.65. The molecule has 0 bridgehead atoms. The smallest absolute Gasteiger partial charge is 0.142 e. The molecule has 1 aliphatic rings. The Morgan fingerprint density at radius 3 is 2.52 bits per heavy atom. The van der Waals surface area contributed by atoms with E-state index in [0.717, 1.165) is 31.4 Å². The van der Waals surface area contributed by atoms with Gasteiger partial charge in [-0.05, 0) is 23.8 Å². The topological polar surface area (TPSA) is 41.1 Å². The van der Waals surface area contributed by atoms with Gasteiger partial charge in [0.2, 0.25) is 0 Å². The van der Waals surface area contributed by atoms with Crippen LogP contribution in [-0.4, -0.2) is 40.0 Å². The molecule has 0 aliphatic carbocycles. The molecule has 0 spiro atoms. The normalized spacial score (nSPS) is 24.5. The first-order valence-corrected chi connectivity index (χ1v) is 8.09. The van der Waals surface area contributed by atoms with E-state index in [2.05, 4.69) is 54.8 Å². The van der Waals surface area contributed by atoms with Gasteiger partial charge in [-0.2, -0.15) is 0 Å². The molecular formula is C17H30N4. The molecule has 2 atom stereocenters. The summed E-state index contributed by atoms with van der Waals surface area (Å²) in [5.41, 5.74) is 0.255. The fraction of sp³-hybridized carbons (Fsp3) is 0.765. The monoisotopic (exact) mass is 290 g/mol. The van der Waals surface area contributed by atoms with Crippen molar-refractivity contribution in [3.63, 3.8) is 0 Å². The average molecular weight is 290 g/mol. The molecule has 21 heavy (non-hydrogen) atoms. The van der Waals surface area contributed by atoms with Crippen LogP contribution in [0.4, 0.5) is 0 Å². The molecule has 1 aromatic heterocycles. The van der Waals surface area contributed by atoms with Crippen molar-refractivity contribution in [3.05, 3.63) is 24.3 Å². The largest absolute Gasteiger partial charge is 0.311 e. The van der Waals surface area contributed by atoms with Gasteiger partial charge in [-0.1, -0.05) is 34.6 Å². The first-order chi connectivity index (χ1) is 9.86. The Morgan fingerprint density at radius 1 is 1.29 bits per heavy atom. The van der Waals surface area contributed by atoms with Gasteiger partial charge in [-0.3, -0.25) is 4.90 Å². The summed E-state index contributed by atoms with van der Waals surface area (Å²) in [4.78, 5) is 11.4. The molecule has 1 aromatic rings. The van der Waals surface area contributed by atoms with Crippen molar-refractivity contribution in [2.75, 3.05) is 13.1 Å². The highest BCUT2D eigenvalue weighted by molar-refractivity contribution is 4.96. The second-order valence-corrected chi connectivity index (χ2v) is 7.71. The zero-order chi connectivity index (χ0) is 15.5. The molecule has 2 rings (SSSR count). The van der Waals surface area contributed by atoms with E-state index < -0.39 is 0 Å². The minimum absolute atomic E-state index is 0.255. The molecule has 1 saturated heterocycles. The second kappa shape index (κ2) is 6.84. The lowest BCUT2D eigenvalue weighted by Crippen LogP contribution is -2.60. The Labute approximate surface area is 129 Å². The van der Waals surface area contributed by atoms with Crippen LogP contribution in [0.5, 0.6) is 0 Å². The number of nitrogens with one attached hydrogen (secondary N) is 1. The Bertz CT molecular complexity index is 424. The van der Waals surface area contributed by atoms with Crippen molar-refractivity contribution in [1.82, 2.24) is 20.2 Å². The van der Waals surface area contributed by atoms with E-state index >= 15 is 0 Å². The van der Waals surface area contributed by atoms with Crippen LogP contribution in [0.25, 0.3) is 0 Å². The quantitative estimate of drug-likeness (QED) is 0.925. The molecule has 1 aliphatic heterocycles. The Morgan fingerprint density at radius 2 is 1.95 bits per heavy atom. The number of hydrogen-bond acceptors (Lipinski definition) is 4. The summed E-state index contributed by atoms with van der Waals surface area (Å²) in [6, 6.07) is 2.97. The molecule has 0 amide bonds. The molecule has 0 saturated carbocycles. The minimum Gasteiger partial charge on any atom is -0.311 e. The molecule has 1 N–H and O–H groups in total. The van der Waals surface area contributed by atoms with Crippen LogP contribution < -0.4 is 5.32 Å². The van der Waals surface area contributed by atoms with Crippen LogP contribution in [-0.2, 0) is 6.54 Å². The Balaban J connectivity index is 2.09. The predicted molar refractivity (Wildman–Crippen MR) is 86.9 cm³/mol. The molecule has 2 unspecified atom stereocenters. The maximum atomic E-state index is 4.40. The van der Waals surface area contributed by atoms with E-state index in [-0.39, 0.29) is 5.41 Å². The van der Waals surface area contributed by atoms with Crippen LogP contribution in [0.2, 0.25) is 0 Å². The van der Waals surface area contributed by atoms with Gasteiger partial charge in [0.15, 0.2) is 0 Å². The fourth-order valence-corrected chi connectivity index (χ4v) is 3.23. The van der Waals surface area contributed by atoms with Crippen molar-refractivity contribution in [1.29, 1.82) is 0 Å². The number of hydrogen-bond donors (Lipinski definition) is 1. The molecule has 2 heterocycles. The van der Waals surface area contributed by atoms with Crippen molar-refractivity contribution < 1.29 is 0 Å². The maximum absolute atomic E-state index is 4.40. The summed E-state index contributed by atoms with van der Waals surface area (Å²) in [6.45, 7) is 14.5. The van der Waals surface area contributed by atoms with Gasteiger partial charge in [-0.25, -0.2) is 9.97 Å². The molecule has 0 radical (unpaired) electrons. The van der Waals surface area contributed by atoms with E-state index in [4.69, 9.17) is 0 Å². The maximum Gasteiger partial charge on any atom is 0.142 e. The minimum atomic E-state index is 0.255. The standard InChI is InChI=1S/C17H30N4/c1-13(2)9-14-11-21(12-16-18-7-6-8-19-16)15(10-20-14)17(3,4)5/h6-8,13-15,20H,9-12H2,1-5H3. The van der Waals surface area contributed by atoms with Gasteiger partial charge in [0.1, 0.15) is 5.82 Å². The van der Waals surface area contributed by atoms with E-state index in [1.807, 2.05) is 18.5 Å². The molecular weight excluding hydrogens is 260 g/mol. The predicted octanol–water partition coefficient (Wildman–Crippen LogP) is 2.71. The van der Waals surface area contributed by atoms with E-state index in [0.29, 0.717) is 12.1 Å². The first kappa shape index (κ1) is 16.4. The van der Waals surface area contributed by atoms with Crippen molar-refractivity contribution >= 4 is 0 Å². The second-order valence-electron chi connectivity index (χ2n) is 7.71. The van der Waals surface area contributed by atoms with Crippen molar-refractivity contribution in [3.8, 4) is 0 Å². The van der Waals surface area contributed by atoms with Crippen LogP contribution in [0.3, 0.4) is 0 Å². The average Bonchev–Trinajstić information content (AvgIpc) is 2.38. The van der Waals surface area contributed by atoms with Gasteiger partial charge >= 0.3 is 0 Å². The van der Waals surface area contributed by atoms with E-state index in [9.17, 15) is 0 Å². The van der Waals surface area contributed by atoms with Gasteiger partial charge in [0.05, 0.1) is 6.54 Å². The van der Waals surface area contributed by atoms with Gasteiger partial charge < -0.3 is 5.32 Å². The Kier molecular flexibility index (Phi) is 5.33. The van der Waals surface area contributed by atoms with Crippen LogP contribution in [0.15, 0.2) is 18.5 Å². The molecule has 1 fully saturated rings. The number of rotatable bonds is 4. The summed E-state index contributed by atoms with van der Waals surface area (Å²) < 4.78 is 0. The zero-order valence-electron chi connectivity index (χ0n) is 14.1. The van der Waals surface area contributed by atoms with Crippen LogP contribution in [0.1, 0.15) is 46.9 Å². The molecule has 118 valence electrons. The number of aromatic nitrogens is 2. The third kappa shape index (κ3) is 4.75. The lowest BCUT2D eigenvalue weighted by atomic mass is 9.83. The molecule has 0 aromatic carbocycles. The van der Waals surface area contributed by atoms with Crippen molar-refractivity contribution in [2.24, 2.45) is 11.3 Å². The zero-order valence-corrected chi connectivity index (χ0v) is 14.1. The third-order valence-corrected chi connectivity index (χ3v) is 4.21. The van der Waals surface area contributed by atoms with Crippen LogP contribution >= 0.6 is 0 Å².